The van der Waals surface area contributed by atoms with E-state index in [-0.39, 0.29) is 16.7 Å². The van der Waals surface area contributed by atoms with E-state index < -0.39 is 6.03 Å². The number of ether oxygens (including phenoxy) is 1. The first-order chi connectivity index (χ1) is 20.7. The van der Waals surface area contributed by atoms with E-state index >= 15 is 0 Å². The second-order valence-corrected chi connectivity index (χ2v) is 11.6. The highest BCUT2D eigenvalue weighted by Crippen LogP contribution is 2.35. The molecule has 0 radical (unpaired) electrons. The van der Waals surface area contributed by atoms with Crippen LogP contribution < -0.4 is 20.9 Å². The summed E-state index contributed by atoms with van der Waals surface area (Å²) < 4.78 is 8.99. The largest absolute Gasteiger partial charge is 0.497 e. The van der Waals surface area contributed by atoms with Crippen molar-refractivity contribution in [2.45, 2.75) is 59.0 Å². The standard InChI is InChI=1S/C34H38N6O3/c1-6-7-18-40-31-26(9-8-16-36-31)29(24-11-13-25(43-5)14-12-24)30(32(40)41)38-33(42)37-28-20-23(21-39-19-17-35-22-39)10-15-27(28)34(2,3)4/h8-17,19-20,22H,6-7,18,21H2,1-5H3,(H2,37,38,42). The van der Waals surface area contributed by atoms with Crippen LogP contribution >= 0.6 is 0 Å². The number of urea groups is 1. The summed E-state index contributed by atoms with van der Waals surface area (Å²) in [5.41, 5.74) is 4.31. The van der Waals surface area contributed by atoms with E-state index in [1.807, 2.05) is 59.3 Å². The van der Waals surface area contributed by atoms with Crippen LogP contribution in [0.5, 0.6) is 5.75 Å². The Balaban J connectivity index is 1.59. The van der Waals surface area contributed by atoms with Gasteiger partial charge in [-0.2, -0.15) is 0 Å². The molecule has 9 heteroatoms. The van der Waals surface area contributed by atoms with E-state index in [0.29, 0.717) is 35.7 Å². The number of carbonyl (C=O) groups excluding carboxylic acids is 1. The van der Waals surface area contributed by atoms with E-state index in [1.165, 1.54) is 0 Å². The second kappa shape index (κ2) is 12.5. The van der Waals surface area contributed by atoms with Crippen LogP contribution in [0.3, 0.4) is 0 Å². The van der Waals surface area contributed by atoms with Crippen LogP contribution in [0, 0.1) is 0 Å². The first-order valence-corrected chi connectivity index (χ1v) is 14.5. The molecule has 5 aromatic rings. The number of pyridine rings is 2. The van der Waals surface area contributed by atoms with Gasteiger partial charge in [0.05, 0.1) is 13.4 Å². The number of imidazole rings is 1. The van der Waals surface area contributed by atoms with Crippen molar-refractivity contribution < 1.29 is 9.53 Å². The molecule has 3 aromatic heterocycles. The Morgan fingerprint density at radius 1 is 1.02 bits per heavy atom. The smallest absolute Gasteiger partial charge is 0.323 e. The van der Waals surface area contributed by atoms with Gasteiger partial charge < -0.3 is 19.9 Å². The molecule has 0 unspecified atom stereocenters. The van der Waals surface area contributed by atoms with Gasteiger partial charge in [0.15, 0.2) is 0 Å². The molecule has 9 nitrogen and oxygen atoms in total. The Morgan fingerprint density at radius 3 is 2.49 bits per heavy atom. The monoisotopic (exact) mass is 578 g/mol. The first-order valence-electron chi connectivity index (χ1n) is 14.5. The number of hydrogen-bond acceptors (Lipinski definition) is 5. The number of carbonyl (C=O) groups is 1. The number of fused-ring (bicyclic) bond motifs is 1. The molecule has 0 fully saturated rings. The highest BCUT2D eigenvalue weighted by atomic mass is 16.5. The van der Waals surface area contributed by atoms with Crippen molar-refractivity contribution in [3.8, 4) is 16.9 Å². The number of aryl methyl sites for hydroxylation is 1. The van der Waals surface area contributed by atoms with Gasteiger partial charge in [-0.3, -0.25) is 9.36 Å². The van der Waals surface area contributed by atoms with Gasteiger partial charge in [-0.25, -0.2) is 14.8 Å². The van der Waals surface area contributed by atoms with Crippen molar-refractivity contribution in [2.75, 3.05) is 17.7 Å². The molecule has 0 aliphatic rings. The molecule has 0 saturated carbocycles. The lowest BCUT2D eigenvalue weighted by atomic mass is 9.85. The highest BCUT2D eigenvalue weighted by Gasteiger charge is 2.23. The molecule has 0 spiro atoms. The Morgan fingerprint density at radius 2 is 1.81 bits per heavy atom. The van der Waals surface area contributed by atoms with Crippen molar-refractivity contribution in [3.05, 3.63) is 101 Å². The Kier molecular flexibility index (Phi) is 8.61. The van der Waals surface area contributed by atoms with Crippen LogP contribution in [0.25, 0.3) is 22.2 Å². The summed E-state index contributed by atoms with van der Waals surface area (Å²) in [5.74, 6) is 0.694. The van der Waals surface area contributed by atoms with Crippen molar-refractivity contribution in [2.24, 2.45) is 0 Å². The molecule has 0 atom stereocenters. The number of nitrogens with one attached hydrogen (secondary N) is 2. The number of rotatable bonds is 9. The van der Waals surface area contributed by atoms with E-state index in [1.54, 1.807) is 30.4 Å². The molecule has 0 aliphatic heterocycles. The van der Waals surface area contributed by atoms with Crippen molar-refractivity contribution in [3.63, 3.8) is 0 Å². The SMILES string of the molecule is CCCCn1c(=O)c(NC(=O)Nc2cc(Cn3ccnc3)ccc2C(C)(C)C)c(-c2ccc(OC)cc2)c2cccnc21. The fourth-order valence-electron chi connectivity index (χ4n) is 5.28. The summed E-state index contributed by atoms with van der Waals surface area (Å²) in [4.78, 5) is 36.6. The lowest BCUT2D eigenvalue weighted by Crippen LogP contribution is -2.30. The molecular formula is C34H38N6O3. The fourth-order valence-corrected chi connectivity index (χ4v) is 5.28. The maximum atomic E-state index is 14.1. The third-order valence-corrected chi connectivity index (χ3v) is 7.44. The number of nitrogens with zero attached hydrogens (tertiary/aromatic N) is 4. The van der Waals surface area contributed by atoms with Crippen LogP contribution in [0.4, 0.5) is 16.2 Å². The zero-order valence-electron chi connectivity index (χ0n) is 25.3. The Labute approximate surface area is 251 Å². The van der Waals surface area contributed by atoms with Gasteiger partial charge in [-0.05, 0) is 58.9 Å². The van der Waals surface area contributed by atoms with E-state index in [0.717, 1.165) is 34.9 Å². The van der Waals surface area contributed by atoms with Gasteiger partial charge in [0.1, 0.15) is 17.1 Å². The predicted octanol–water partition coefficient (Wildman–Crippen LogP) is 7.06. The number of anilines is 2. The minimum absolute atomic E-state index is 0.200. The minimum Gasteiger partial charge on any atom is -0.497 e. The van der Waals surface area contributed by atoms with Crippen molar-refractivity contribution in [1.29, 1.82) is 0 Å². The summed E-state index contributed by atoms with van der Waals surface area (Å²) in [6.45, 7) is 9.49. The molecule has 2 amide bonds. The van der Waals surface area contributed by atoms with Crippen molar-refractivity contribution in [1.82, 2.24) is 19.1 Å². The van der Waals surface area contributed by atoms with E-state index in [4.69, 9.17) is 4.74 Å². The normalized spacial score (nSPS) is 11.5. The zero-order valence-corrected chi connectivity index (χ0v) is 25.3. The Bertz CT molecular complexity index is 1780. The van der Waals surface area contributed by atoms with Crippen LogP contribution in [0.15, 0.2) is 84.3 Å². The molecule has 0 saturated heterocycles. The molecule has 2 aromatic carbocycles. The number of unbranched alkanes of at least 4 members (excludes halogenated alkanes) is 1. The number of benzene rings is 2. The first kappa shape index (κ1) is 29.6. The fraction of sp³-hybridized carbons (Fsp3) is 0.294. The van der Waals surface area contributed by atoms with E-state index in [9.17, 15) is 9.59 Å². The topological polar surface area (TPSA) is 103 Å². The minimum atomic E-state index is -0.498. The number of hydrogen-bond donors (Lipinski definition) is 2. The third-order valence-electron chi connectivity index (χ3n) is 7.44. The molecule has 0 aliphatic carbocycles. The third kappa shape index (κ3) is 6.45. The molecular weight excluding hydrogens is 540 g/mol. The summed E-state index contributed by atoms with van der Waals surface area (Å²) >= 11 is 0. The van der Waals surface area contributed by atoms with Gasteiger partial charge in [0, 0.05) is 48.3 Å². The van der Waals surface area contributed by atoms with Gasteiger partial charge in [-0.15, -0.1) is 0 Å². The molecule has 222 valence electrons. The lowest BCUT2D eigenvalue weighted by molar-refractivity contribution is 0.262. The van der Waals surface area contributed by atoms with Crippen LogP contribution in [0.2, 0.25) is 0 Å². The quantitative estimate of drug-likeness (QED) is 0.195. The molecule has 0 bridgehead atoms. The Hall–Kier alpha value is -4.92. The molecule has 43 heavy (non-hydrogen) atoms. The maximum absolute atomic E-state index is 14.1. The van der Waals surface area contributed by atoms with Crippen molar-refractivity contribution >= 4 is 28.4 Å². The summed E-state index contributed by atoms with van der Waals surface area (Å²) in [6, 6.07) is 16.8. The van der Waals surface area contributed by atoms with Gasteiger partial charge in [-0.1, -0.05) is 58.4 Å². The number of amides is 2. The number of methoxy groups -OCH3 is 1. The average Bonchev–Trinajstić information content (AvgIpc) is 3.50. The van der Waals surface area contributed by atoms with Crippen LogP contribution in [0.1, 0.15) is 51.7 Å². The summed E-state index contributed by atoms with van der Waals surface area (Å²) in [7, 11) is 1.61. The number of aromatic nitrogens is 4. The zero-order chi connectivity index (χ0) is 30.6. The molecule has 3 heterocycles. The molecule has 5 rings (SSSR count). The lowest BCUT2D eigenvalue weighted by Gasteiger charge is -2.24. The van der Waals surface area contributed by atoms with E-state index in [2.05, 4.69) is 54.4 Å². The summed E-state index contributed by atoms with van der Waals surface area (Å²) in [5, 5.41) is 6.79. The van der Waals surface area contributed by atoms with Gasteiger partial charge in [0.2, 0.25) is 0 Å². The molecule has 2 N–H and O–H groups in total. The second-order valence-electron chi connectivity index (χ2n) is 11.6. The van der Waals surface area contributed by atoms with Crippen LogP contribution in [-0.4, -0.2) is 32.2 Å². The predicted molar refractivity (Wildman–Crippen MR) is 172 cm³/mol. The van der Waals surface area contributed by atoms with Gasteiger partial charge in [0.25, 0.3) is 5.56 Å². The maximum Gasteiger partial charge on any atom is 0.323 e. The average molecular weight is 579 g/mol. The highest BCUT2D eigenvalue weighted by molar-refractivity contribution is 6.07. The van der Waals surface area contributed by atoms with Crippen LogP contribution in [-0.2, 0) is 18.5 Å². The van der Waals surface area contributed by atoms with Gasteiger partial charge >= 0.3 is 6.03 Å². The summed E-state index contributed by atoms with van der Waals surface area (Å²) in [6.07, 6.45) is 8.80.